The maximum absolute atomic E-state index is 14.8. The summed E-state index contributed by atoms with van der Waals surface area (Å²) in [7, 11) is 3.06. The molecule has 0 saturated carbocycles. The van der Waals surface area contributed by atoms with E-state index in [0.717, 1.165) is 5.56 Å². The van der Waals surface area contributed by atoms with Gasteiger partial charge in [-0.15, -0.1) is 0 Å². The summed E-state index contributed by atoms with van der Waals surface area (Å²) >= 11 is 7.43. The van der Waals surface area contributed by atoms with Crippen LogP contribution in [0, 0.1) is 11.6 Å². The Labute approximate surface area is 210 Å². The summed E-state index contributed by atoms with van der Waals surface area (Å²) < 4.78 is 35.1. The summed E-state index contributed by atoms with van der Waals surface area (Å²) in [4.78, 5) is 23.3. The number of aromatic nitrogens is 3. The lowest BCUT2D eigenvalue weighted by molar-refractivity contribution is 0.0776. The number of ether oxygens (including phenoxy) is 1. The van der Waals surface area contributed by atoms with Crippen LogP contribution in [-0.4, -0.2) is 39.5 Å². The first-order valence-electron chi connectivity index (χ1n) is 10.5. The number of thioether (sulfide) groups is 1. The molecule has 0 fully saturated rings. The number of methoxy groups -OCH3 is 1. The zero-order valence-electron chi connectivity index (χ0n) is 18.9. The van der Waals surface area contributed by atoms with Crippen LogP contribution in [0.3, 0.4) is 0 Å². The molecule has 2 aromatic heterocycles. The zero-order valence-corrected chi connectivity index (χ0v) is 20.5. The SMILES string of the molecule is COc1ccc(Cl)c(CSc2ncc(C(=O)N(C)Cc3ccncc3)n2-c2ccc(F)cc2)c1F. The minimum atomic E-state index is -0.555. The van der Waals surface area contributed by atoms with Gasteiger partial charge in [0.2, 0.25) is 0 Å². The van der Waals surface area contributed by atoms with E-state index in [-0.39, 0.29) is 33.7 Å². The average molecular weight is 515 g/mol. The molecule has 4 rings (SSSR count). The van der Waals surface area contributed by atoms with Crippen molar-refractivity contribution in [1.82, 2.24) is 19.4 Å². The maximum Gasteiger partial charge on any atom is 0.272 e. The van der Waals surface area contributed by atoms with Crippen molar-refractivity contribution in [3.05, 3.63) is 101 Å². The third-order valence-corrected chi connectivity index (χ3v) is 6.60. The van der Waals surface area contributed by atoms with E-state index in [4.69, 9.17) is 16.3 Å². The second-order valence-electron chi connectivity index (χ2n) is 7.59. The molecule has 0 saturated heterocycles. The molecule has 0 aliphatic carbocycles. The molecule has 1 amide bonds. The van der Waals surface area contributed by atoms with Gasteiger partial charge in [-0.05, 0) is 54.1 Å². The fraction of sp³-hybridized carbons (Fsp3) is 0.160. The van der Waals surface area contributed by atoms with Gasteiger partial charge in [0.15, 0.2) is 16.7 Å². The smallest absolute Gasteiger partial charge is 0.272 e. The molecule has 0 atom stereocenters. The highest BCUT2D eigenvalue weighted by Crippen LogP contribution is 2.33. The molecule has 10 heteroatoms. The summed E-state index contributed by atoms with van der Waals surface area (Å²) in [6.07, 6.45) is 4.78. The molecule has 180 valence electrons. The number of pyridine rings is 1. The van der Waals surface area contributed by atoms with Gasteiger partial charge < -0.3 is 9.64 Å². The predicted octanol–water partition coefficient (Wildman–Crippen LogP) is 5.77. The van der Waals surface area contributed by atoms with E-state index in [9.17, 15) is 13.6 Å². The maximum atomic E-state index is 14.8. The van der Waals surface area contributed by atoms with E-state index in [1.54, 1.807) is 47.1 Å². The minimum Gasteiger partial charge on any atom is -0.494 e. The van der Waals surface area contributed by atoms with Gasteiger partial charge >= 0.3 is 0 Å². The normalized spacial score (nSPS) is 10.9. The third-order valence-electron chi connectivity index (χ3n) is 5.27. The second kappa shape index (κ2) is 10.9. The number of amides is 1. The van der Waals surface area contributed by atoms with Crippen molar-refractivity contribution in [2.45, 2.75) is 17.5 Å². The van der Waals surface area contributed by atoms with Crippen molar-refractivity contribution >= 4 is 29.3 Å². The topological polar surface area (TPSA) is 60.2 Å². The van der Waals surface area contributed by atoms with Crippen LogP contribution in [0.1, 0.15) is 21.6 Å². The second-order valence-corrected chi connectivity index (χ2v) is 8.94. The minimum absolute atomic E-state index is 0.0838. The van der Waals surface area contributed by atoms with Crippen LogP contribution in [0.2, 0.25) is 5.02 Å². The predicted molar refractivity (Wildman–Crippen MR) is 131 cm³/mol. The van der Waals surface area contributed by atoms with Crippen LogP contribution in [-0.2, 0) is 12.3 Å². The van der Waals surface area contributed by atoms with E-state index < -0.39 is 11.6 Å². The van der Waals surface area contributed by atoms with E-state index >= 15 is 0 Å². The Bertz CT molecular complexity index is 1330. The van der Waals surface area contributed by atoms with E-state index in [2.05, 4.69) is 9.97 Å². The summed E-state index contributed by atoms with van der Waals surface area (Å²) in [5.74, 6) is -1.02. The summed E-state index contributed by atoms with van der Waals surface area (Å²) in [5, 5.41) is 0.680. The van der Waals surface area contributed by atoms with Gasteiger partial charge in [-0.2, -0.15) is 0 Å². The lowest BCUT2D eigenvalue weighted by atomic mass is 10.2. The fourth-order valence-electron chi connectivity index (χ4n) is 3.46. The van der Waals surface area contributed by atoms with Crippen molar-refractivity contribution in [2.75, 3.05) is 14.2 Å². The molecule has 2 aromatic carbocycles. The third kappa shape index (κ3) is 5.47. The first-order valence-corrected chi connectivity index (χ1v) is 11.9. The van der Waals surface area contributed by atoms with Crippen LogP contribution in [0.4, 0.5) is 8.78 Å². The highest BCUT2D eigenvalue weighted by atomic mass is 35.5. The van der Waals surface area contributed by atoms with Gasteiger partial charge in [0.05, 0.1) is 13.3 Å². The highest BCUT2D eigenvalue weighted by molar-refractivity contribution is 7.98. The molecule has 0 bridgehead atoms. The lowest BCUT2D eigenvalue weighted by Crippen LogP contribution is -2.28. The molecule has 0 spiro atoms. The molecule has 2 heterocycles. The Morgan fingerprint density at radius 2 is 1.83 bits per heavy atom. The monoisotopic (exact) mass is 514 g/mol. The van der Waals surface area contributed by atoms with Gasteiger partial charge in [-0.3, -0.25) is 14.3 Å². The summed E-state index contributed by atoms with van der Waals surface area (Å²) in [5.41, 5.74) is 2.01. The van der Waals surface area contributed by atoms with Gasteiger partial charge in [-0.25, -0.2) is 13.8 Å². The molecule has 0 aliphatic rings. The van der Waals surface area contributed by atoms with Crippen molar-refractivity contribution in [3.63, 3.8) is 0 Å². The Balaban J connectivity index is 1.67. The number of hydrogen-bond acceptors (Lipinski definition) is 5. The first kappa shape index (κ1) is 24.7. The number of nitrogens with zero attached hydrogens (tertiary/aromatic N) is 4. The van der Waals surface area contributed by atoms with Crippen LogP contribution < -0.4 is 4.74 Å². The molecular weight excluding hydrogens is 494 g/mol. The van der Waals surface area contributed by atoms with Crippen molar-refractivity contribution in [2.24, 2.45) is 0 Å². The Kier molecular flexibility index (Phi) is 7.67. The number of carbonyl (C=O) groups is 1. The summed E-state index contributed by atoms with van der Waals surface area (Å²) in [6, 6.07) is 12.4. The van der Waals surface area contributed by atoms with Crippen LogP contribution in [0.5, 0.6) is 5.75 Å². The van der Waals surface area contributed by atoms with Gasteiger partial charge in [0.25, 0.3) is 5.91 Å². The van der Waals surface area contributed by atoms with Crippen LogP contribution in [0.25, 0.3) is 5.69 Å². The van der Waals surface area contributed by atoms with Crippen molar-refractivity contribution in [1.29, 1.82) is 0 Å². The zero-order chi connectivity index (χ0) is 24.9. The van der Waals surface area contributed by atoms with Gasteiger partial charge in [0, 0.05) is 48.0 Å². The molecule has 35 heavy (non-hydrogen) atoms. The largest absolute Gasteiger partial charge is 0.494 e. The van der Waals surface area contributed by atoms with E-state index in [0.29, 0.717) is 17.4 Å². The number of hydrogen-bond donors (Lipinski definition) is 0. The number of carbonyl (C=O) groups excluding carboxylic acids is 1. The van der Waals surface area contributed by atoms with Gasteiger partial charge in [0.1, 0.15) is 11.5 Å². The van der Waals surface area contributed by atoms with Crippen LogP contribution in [0.15, 0.2) is 72.3 Å². The van der Waals surface area contributed by atoms with E-state index in [1.165, 1.54) is 43.3 Å². The van der Waals surface area contributed by atoms with Gasteiger partial charge in [-0.1, -0.05) is 23.4 Å². The Morgan fingerprint density at radius 3 is 2.51 bits per heavy atom. The van der Waals surface area contributed by atoms with Crippen LogP contribution >= 0.6 is 23.4 Å². The average Bonchev–Trinajstić information content (AvgIpc) is 3.28. The summed E-state index contributed by atoms with van der Waals surface area (Å²) in [6.45, 7) is 0.364. The molecule has 0 aliphatic heterocycles. The van der Waals surface area contributed by atoms with Crippen molar-refractivity contribution in [3.8, 4) is 11.4 Å². The molecule has 4 aromatic rings. The first-order chi connectivity index (χ1) is 16.9. The quantitative estimate of drug-likeness (QED) is 0.279. The van der Waals surface area contributed by atoms with Crippen molar-refractivity contribution < 1.29 is 18.3 Å². The number of benzene rings is 2. The standard InChI is InChI=1S/C25H21ClF2N4O2S/c1-31(14-16-9-11-29-12-10-16)24(33)21-13-30-25(32(21)18-5-3-17(27)4-6-18)35-15-19-20(26)7-8-22(34-2)23(19)28/h3-13H,14-15H2,1-2H3. The number of rotatable bonds is 8. The molecule has 0 radical (unpaired) electrons. The Hall–Kier alpha value is -3.43. The molecular formula is C25H21ClF2N4O2S. The lowest BCUT2D eigenvalue weighted by Gasteiger charge is -2.19. The highest BCUT2D eigenvalue weighted by Gasteiger charge is 2.23. The fourth-order valence-corrected chi connectivity index (χ4v) is 4.77. The number of imidazole rings is 1. The molecule has 0 unspecified atom stereocenters. The van der Waals surface area contributed by atoms with E-state index in [1.807, 2.05) is 12.1 Å². The number of halogens is 3. The molecule has 6 nitrogen and oxygen atoms in total. The molecule has 0 N–H and O–H groups in total. The Morgan fingerprint density at radius 1 is 1.11 bits per heavy atom.